The zero-order valence-electron chi connectivity index (χ0n) is 12.1. The van der Waals surface area contributed by atoms with E-state index in [4.69, 9.17) is 0 Å². The van der Waals surface area contributed by atoms with Crippen LogP contribution in [0.15, 0.2) is 0 Å². The van der Waals surface area contributed by atoms with Crippen LogP contribution >= 0.6 is 11.8 Å². The van der Waals surface area contributed by atoms with Gasteiger partial charge in [-0.2, -0.15) is 11.8 Å². The van der Waals surface area contributed by atoms with Crippen LogP contribution in [0.2, 0.25) is 0 Å². The maximum atomic E-state index is 12.7. The van der Waals surface area contributed by atoms with Crippen molar-refractivity contribution < 1.29 is 9.59 Å². The second-order valence-electron chi connectivity index (χ2n) is 6.23. The van der Waals surface area contributed by atoms with Gasteiger partial charge in [0.05, 0.1) is 0 Å². The van der Waals surface area contributed by atoms with Gasteiger partial charge in [0, 0.05) is 11.8 Å². The molecule has 2 heterocycles. The minimum absolute atomic E-state index is 0.0600. The highest BCUT2D eigenvalue weighted by Gasteiger charge is 2.46. The highest BCUT2D eigenvalue weighted by molar-refractivity contribution is 7.99. The Kier molecular flexibility index (Phi) is 4.24. The molecule has 3 aliphatic rings. The lowest BCUT2D eigenvalue weighted by Gasteiger charge is -2.41. The van der Waals surface area contributed by atoms with Gasteiger partial charge in [0.15, 0.2) is 0 Å². The number of piperazine rings is 1. The van der Waals surface area contributed by atoms with Crippen molar-refractivity contribution in [2.45, 2.75) is 62.8 Å². The Hall–Kier alpha value is -0.710. The first-order valence-electron chi connectivity index (χ1n) is 7.93. The third-order valence-electron chi connectivity index (χ3n) is 4.68. The van der Waals surface area contributed by atoms with Crippen molar-refractivity contribution in [3.8, 4) is 0 Å². The summed E-state index contributed by atoms with van der Waals surface area (Å²) in [5.41, 5.74) is 0. The van der Waals surface area contributed by atoms with E-state index in [1.807, 2.05) is 23.6 Å². The van der Waals surface area contributed by atoms with E-state index in [0.29, 0.717) is 17.6 Å². The van der Waals surface area contributed by atoms with Gasteiger partial charge in [0.1, 0.15) is 12.1 Å². The fourth-order valence-electron chi connectivity index (χ4n) is 3.33. The molecule has 3 unspecified atom stereocenters. The molecule has 0 aromatic carbocycles. The zero-order chi connectivity index (χ0) is 14.1. The summed E-state index contributed by atoms with van der Waals surface area (Å²) < 4.78 is 0. The molecule has 0 aromatic heterocycles. The molecule has 0 aromatic rings. The van der Waals surface area contributed by atoms with Crippen LogP contribution < -0.4 is 5.32 Å². The molecule has 0 bridgehead atoms. The Labute approximate surface area is 125 Å². The van der Waals surface area contributed by atoms with E-state index in [9.17, 15) is 9.59 Å². The Morgan fingerprint density at radius 2 is 2.05 bits per heavy atom. The van der Waals surface area contributed by atoms with Gasteiger partial charge < -0.3 is 10.2 Å². The number of carbonyl (C=O) groups excluding carboxylic acids is 2. The number of hydrogen-bond acceptors (Lipinski definition) is 3. The van der Waals surface area contributed by atoms with Crippen LogP contribution in [-0.2, 0) is 9.59 Å². The quantitative estimate of drug-likeness (QED) is 0.860. The van der Waals surface area contributed by atoms with Crippen molar-refractivity contribution >= 4 is 23.6 Å². The van der Waals surface area contributed by atoms with Crippen LogP contribution in [0.5, 0.6) is 0 Å². The normalized spacial score (nSPS) is 35.0. The SMILES string of the molecule is CCC1C(=O)NC(C2CC2)C(=O)N1CC1CCCCS1. The van der Waals surface area contributed by atoms with Crippen LogP contribution in [0.25, 0.3) is 0 Å². The first-order valence-corrected chi connectivity index (χ1v) is 8.98. The summed E-state index contributed by atoms with van der Waals surface area (Å²) in [6.07, 6.45) is 6.61. The van der Waals surface area contributed by atoms with E-state index in [2.05, 4.69) is 5.32 Å². The first kappa shape index (κ1) is 14.2. The minimum atomic E-state index is -0.250. The Bertz CT molecular complexity index is 391. The van der Waals surface area contributed by atoms with Gasteiger partial charge in [-0.05, 0) is 43.8 Å². The maximum absolute atomic E-state index is 12.7. The second-order valence-corrected chi connectivity index (χ2v) is 7.64. The number of nitrogens with zero attached hydrogens (tertiary/aromatic N) is 1. The van der Waals surface area contributed by atoms with E-state index in [1.165, 1.54) is 25.0 Å². The Morgan fingerprint density at radius 3 is 2.65 bits per heavy atom. The molecule has 20 heavy (non-hydrogen) atoms. The molecule has 2 saturated heterocycles. The molecule has 3 atom stereocenters. The summed E-state index contributed by atoms with van der Waals surface area (Å²) in [6, 6.07) is -0.487. The van der Waals surface area contributed by atoms with Gasteiger partial charge in [-0.25, -0.2) is 0 Å². The molecule has 1 aliphatic carbocycles. The van der Waals surface area contributed by atoms with E-state index < -0.39 is 0 Å². The lowest BCUT2D eigenvalue weighted by atomic mass is 10.0. The summed E-state index contributed by atoms with van der Waals surface area (Å²) in [7, 11) is 0. The molecule has 3 fully saturated rings. The van der Waals surface area contributed by atoms with E-state index >= 15 is 0 Å². The van der Waals surface area contributed by atoms with Crippen LogP contribution in [0.4, 0.5) is 0 Å². The minimum Gasteiger partial charge on any atom is -0.342 e. The fourth-order valence-corrected chi connectivity index (χ4v) is 4.63. The highest BCUT2D eigenvalue weighted by atomic mass is 32.2. The summed E-state index contributed by atoms with van der Waals surface area (Å²) >= 11 is 1.97. The number of thioether (sulfide) groups is 1. The van der Waals surface area contributed by atoms with E-state index in [1.54, 1.807) is 0 Å². The molecule has 0 radical (unpaired) electrons. The standard InChI is InChI=1S/C15H24N2O2S/c1-2-12-14(18)16-13(10-6-7-10)15(19)17(12)9-11-5-3-4-8-20-11/h10-13H,2-9H2,1H3,(H,16,18). The summed E-state index contributed by atoms with van der Waals surface area (Å²) in [5.74, 6) is 1.82. The van der Waals surface area contributed by atoms with Crippen LogP contribution in [0, 0.1) is 5.92 Å². The van der Waals surface area contributed by atoms with Crippen molar-refractivity contribution in [1.29, 1.82) is 0 Å². The number of rotatable bonds is 4. The lowest BCUT2D eigenvalue weighted by Crippen LogP contribution is -2.64. The number of carbonyl (C=O) groups is 2. The summed E-state index contributed by atoms with van der Waals surface area (Å²) in [4.78, 5) is 26.8. The van der Waals surface area contributed by atoms with Gasteiger partial charge in [-0.15, -0.1) is 0 Å². The molecule has 1 saturated carbocycles. The molecule has 0 spiro atoms. The van der Waals surface area contributed by atoms with E-state index in [-0.39, 0.29) is 23.9 Å². The van der Waals surface area contributed by atoms with Crippen molar-refractivity contribution in [3.05, 3.63) is 0 Å². The third-order valence-corrected chi connectivity index (χ3v) is 6.06. The second kappa shape index (κ2) is 5.96. The predicted octanol–water partition coefficient (Wildman–Crippen LogP) is 1.79. The number of amides is 2. The predicted molar refractivity (Wildman–Crippen MR) is 80.5 cm³/mol. The molecule has 4 nitrogen and oxygen atoms in total. The van der Waals surface area contributed by atoms with Crippen molar-refractivity contribution in [2.75, 3.05) is 12.3 Å². The molecular weight excluding hydrogens is 272 g/mol. The third kappa shape index (κ3) is 2.83. The van der Waals surface area contributed by atoms with Gasteiger partial charge in [0.25, 0.3) is 0 Å². The van der Waals surface area contributed by atoms with Crippen LogP contribution in [0.1, 0.15) is 45.4 Å². The molecule has 1 N–H and O–H groups in total. The maximum Gasteiger partial charge on any atom is 0.246 e. The fraction of sp³-hybridized carbons (Fsp3) is 0.867. The van der Waals surface area contributed by atoms with E-state index in [0.717, 1.165) is 19.4 Å². The Morgan fingerprint density at radius 1 is 1.25 bits per heavy atom. The average Bonchev–Trinajstić information content (AvgIpc) is 3.28. The van der Waals surface area contributed by atoms with Crippen molar-refractivity contribution in [1.82, 2.24) is 10.2 Å². The summed E-state index contributed by atoms with van der Waals surface area (Å²) in [6.45, 7) is 2.76. The number of nitrogens with one attached hydrogen (secondary N) is 1. The van der Waals surface area contributed by atoms with Gasteiger partial charge in [-0.3, -0.25) is 9.59 Å². The first-order chi connectivity index (χ1) is 9.70. The topological polar surface area (TPSA) is 49.4 Å². The van der Waals surface area contributed by atoms with Gasteiger partial charge in [0.2, 0.25) is 11.8 Å². The van der Waals surface area contributed by atoms with Crippen molar-refractivity contribution in [3.63, 3.8) is 0 Å². The molecule has 3 rings (SSSR count). The number of hydrogen-bond donors (Lipinski definition) is 1. The molecule has 2 amide bonds. The largest absolute Gasteiger partial charge is 0.342 e. The van der Waals surface area contributed by atoms with Crippen LogP contribution in [-0.4, -0.2) is 46.3 Å². The molecule has 112 valence electrons. The Balaban J connectivity index is 1.71. The monoisotopic (exact) mass is 296 g/mol. The van der Waals surface area contributed by atoms with Crippen LogP contribution in [0.3, 0.4) is 0 Å². The van der Waals surface area contributed by atoms with Crippen molar-refractivity contribution in [2.24, 2.45) is 5.92 Å². The lowest BCUT2D eigenvalue weighted by molar-refractivity contribution is -0.150. The van der Waals surface area contributed by atoms with Gasteiger partial charge >= 0.3 is 0 Å². The molecule has 5 heteroatoms. The van der Waals surface area contributed by atoms with Gasteiger partial charge in [-0.1, -0.05) is 13.3 Å². The smallest absolute Gasteiger partial charge is 0.246 e. The summed E-state index contributed by atoms with van der Waals surface area (Å²) in [5, 5.41) is 3.48. The zero-order valence-corrected chi connectivity index (χ0v) is 13.0. The molecular formula is C15H24N2O2S. The molecule has 2 aliphatic heterocycles. The highest BCUT2D eigenvalue weighted by Crippen LogP contribution is 2.36. The average molecular weight is 296 g/mol.